The van der Waals surface area contributed by atoms with E-state index in [0.717, 1.165) is 38.1 Å². The van der Waals surface area contributed by atoms with Gasteiger partial charge in [0, 0.05) is 19.1 Å². The topological polar surface area (TPSA) is 42.9 Å². The molecule has 2 aliphatic rings. The number of rotatable bonds is 8. The summed E-state index contributed by atoms with van der Waals surface area (Å²) in [5.41, 5.74) is 0. The first-order valence-corrected chi connectivity index (χ1v) is 10.2. The van der Waals surface area contributed by atoms with Crippen molar-refractivity contribution in [3.05, 3.63) is 0 Å². The Morgan fingerprint density at radius 1 is 1.08 bits per heavy atom. The van der Waals surface area contributed by atoms with Gasteiger partial charge in [-0.05, 0) is 77.7 Å². The number of hydrogen-bond acceptors (Lipinski definition) is 3. The van der Waals surface area contributed by atoms with E-state index in [1.807, 2.05) is 0 Å². The van der Waals surface area contributed by atoms with Crippen LogP contribution in [-0.2, 0) is 0 Å². The Kier molecular flexibility index (Phi) is 8.89. The highest BCUT2D eigenvalue weighted by Gasteiger charge is 2.22. The highest BCUT2D eigenvalue weighted by molar-refractivity contribution is 5.79. The number of aliphatic imine (C=N–C) groups is 1. The normalized spacial score (nSPS) is 24.5. The average molecular weight is 338 g/mol. The van der Waals surface area contributed by atoms with Crippen molar-refractivity contribution in [2.75, 3.05) is 52.4 Å². The summed E-state index contributed by atoms with van der Waals surface area (Å²) in [6.45, 7) is 15.8. The van der Waals surface area contributed by atoms with E-state index in [1.54, 1.807) is 0 Å². The fraction of sp³-hybridized carbons (Fsp3) is 0.947. The van der Waals surface area contributed by atoms with Crippen LogP contribution < -0.4 is 10.6 Å². The van der Waals surface area contributed by atoms with E-state index < -0.39 is 0 Å². The molecule has 5 nitrogen and oxygen atoms in total. The SMILES string of the molecule is CCNC(=NCC1CCCN1CC)NCCCN1CCC(C)CC1. The third-order valence-corrected chi connectivity index (χ3v) is 5.53. The van der Waals surface area contributed by atoms with E-state index in [2.05, 4.69) is 41.2 Å². The van der Waals surface area contributed by atoms with Crippen LogP contribution in [0.15, 0.2) is 4.99 Å². The van der Waals surface area contributed by atoms with Gasteiger partial charge in [0.25, 0.3) is 0 Å². The van der Waals surface area contributed by atoms with Crippen molar-refractivity contribution in [2.24, 2.45) is 10.9 Å². The molecule has 0 amide bonds. The zero-order valence-corrected chi connectivity index (χ0v) is 16.2. The van der Waals surface area contributed by atoms with Crippen molar-refractivity contribution >= 4 is 5.96 Å². The second-order valence-electron chi connectivity index (χ2n) is 7.45. The molecule has 140 valence electrons. The van der Waals surface area contributed by atoms with E-state index in [0.29, 0.717) is 6.04 Å². The predicted molar refractivity (Wildman–Crippen MR) is 104 cm³/mol. The second kappa shape index (κ2) is 10.9. The molecule has 1 atom stereocenters. The fourth-order valence-electron chi connectivity index (χ4n) is 3.85. The number of hydrogen-bond donors (Lipinski definition) is 2. The third-order valence-electron chi connectivity index (χ3n) is 5.53. The van der Waals surface area contributed by atoms with Crippen molar-refractivity contribution < 1.29 is 0 Å². The second-order valence-corrected chi connectivity index (χ2v) is 7.45. The maximum absolute atomic E-state index is 4.83. The standard InChI is InChI=1S/C19H39N5/c1-4-20-19(22-16-18-8-6-13-24(18)5-2)21-11-7-12-23-14-9-17(3)10-15-23/h17-18H,4-16H2,1-3H3,(H2,20,21,22). The van der Waals surface area contributed by atoms with Crippen LogP contribution in [0.1, 0.15) is 52.9 Å². The molecular formula is C19H39N5. The quantitative estimate of drug-likeness (QED) is 0.405. The van der Waals surface area contributed by atoms with Crippen molar-refractivity contribution in [1.82, 2.24) is 20.4 Å². The summed E-state index contributed by atoms with van der Waals surface area (Å²) < 4.78 is 0. The maximum Gasteiger partial charge on any atom is 0.191 e. The Labute approximate surface area is 149 Å². The Bertz CT molecular complexity index is 363. The molecule has 0 aromatic rings. The van der Waals surface area contributed by atoms with Crippen LogP contribution in [0.2, 0.25) is 0 Å². The molecule has 2 rings (SSSR count). The number of likely N-dealkylation sites (tertiary alicyclic amines) is 2. The fourth-order valence-corrected chi connectivity index (χ4v) is 3.85. The first-order chi connectivity index (χ1) is 11.7. The Balaban J connectivity index is 1.65. The van der Waals surface area contributed by atoms with Crippen LogP contribution >= 0.6 is 0 Å². The van der Waals surface area contributed by atoms with Crippen LogP contribution in [0.4, 0.5) is 0 Å². The van der Waals surface area contributed by atoms with Crippen molar-refractivity contribution in [3.8, 4) is 0 Å². The largest absolute Gasteiger partial charge is 0.357 e. The molecule has 0 radical (unpaired) electrons. The van der Waals surface area contributed by atoms with Gasteiger partial charge < -0.3 is 15.5 Å². The van der Waals surface area contributed by atoms with Crippen molar-refractivity contribution in [2.45, 2.75) is 58.9 Å². The van der Waals surface area contributed by atoms with Gasteiger partial charge in [-0.1, -0.05) is 13.8 Å². The molecule has 2 fully saturated rings. The average Bonchev–Trinajstić information content (AvgIpc) is 3.05. The van der Waals surface area contributed by atoms with Gasteiger partial charge in [-0.3, -0.25) is 9.89 Å². The Morgan fingerprint density at radius 3 is 2.58 bits per heavy atom. The molecule has 0 aromatic carbocycles. The molecule has 2 saturated heterocycles. The predicted octanol–water partition coefficient (Wildman–Crippen LogP) is 2.15. The zero-order valence-electron chi connectivity index (χ0n) is 16.2. The molecule has 0 spiro atoms. The number of piperidine rings is 1. The van der Waals surface area contributed by atoms with Crippen LogP contribution in [0.5, 0.6) is 0 Å². The minimum atomic E-state index is 0.640. The smallest absolute Gasteiger partial charge is 0.191 e. The number of nitrogens with one attached hydrogen (secondary N) is 2. The minimum Gasteiger partial charge on any atom is -0.357 e. The summed E-state index contributed by atoms with van der Waals surface area (Å²) >= 11 is 0. The number of likely N-dealkylation sites (N-methyl/N-ethyl adjacent to an activating group) is 1. The Morgan fingerprint density at radius 2 is 1.88 bits per heavy atom. The molecule has 5 heteroatoms. The molecule has 0 saturated carbocycles. The van der Waals surface area contributed by atoms with Crippen molar-refractivity contribution in [1.29, 1.82) is 0 Å². The molecular weight excluding hydrogens is 298 g/mol. The summed E-state index contributed by atoms with van der Waals surface area (Å²) in [7, 11) is 0. The molecule has 2 N–H and O–H groups in total. The van der Waals surface area contributed by atoms with Gasteiger partial charge >= 0.3 is 0 Å². The van der Waals surface area contributed by atoms with E-state index in [-0.39, 0.29) is 0 Å². The lowest BCUT2D eigenvalue weighted by Gasteiger charge is -2.30. The maximum atomic E-state index is 4.83. The van der Waals surface area contributed by atoms with Gasteiger partial charge in [0.05, 0.1) is 6.54 Å². The monoisotopic (exact) mass is 337 g/mol. The van der Waals surface area contributed by atoms with Gasteiger partial charge in [0.1, 0.15) is 0 Å². The number of guanidine groups is 1. The van der Waals surface area contributed by atoms with Crippen LogP contribution in [-0.4, -0.2) is 74.2 Å². The summed E-state index contributed by atoms with van der Waals surface area (Å²) in [6, 6.07) is 0.640. The highest BCUT2D eigenvalue weighted by Crippen LogP contribution is 2.17. The van der Waals surface area contributed by atoms with E-state index in [1.165, 1.54) is 58.3 Å². The van der Waals surface area contributed by atoms with Crippen LogP contribution in [0.25, 0.3) is 0 Å². The van der Waals surface area contributed by atoms with Gasteiger partial charge in [-0.2, -0.15) is 0 Å². The molecule has 0 aliphatic carbocycles. The molecule has 24 heavy (non-hydrogen) atoms. The molecule has 2 aliphatic heterocycles. The molecule has 2 heterocycles. The summed E-state index contributed by atoms with van der Waals surface area (Å²) in [5, 5.41) is 6.91. The summed E-state index contributed by atoms with van der Waals surface area (Å²) in [4.78, 5) is 10.0. The third kappa shape index (κ3) is 6.60. The molecule has 1 unspecified atom stereocenters. The first kappa shape index (κ1) is 19.5. The number of nitrogens with zero attached hydrogens (tertiary/aromatic N) is 3. The lowest BCUT2D eigenvalue weighted by molar-refractivity contribution is 0.191. The first-order valence-electron chi connectivity index (χ1n) is 10.2. The van der Waals surface area contributed by atoms with Crippen LogP contribution in [0, 0.1) is 5.92 Å². The van der Waals surface area contributed by atoms with Crippen molar-refractivity contribution in [3.63, 3.8) is 0 Å². The summed E-state index contributed by atoms with van der Waals surface area (Å²) in [6.07, 6.45) is 6.56. The molecule has 0 aromatic heterocycles. The van der Waals surface area contributed by atoms with Crippen LogP contribution in [0.3, 0.4) is 0 Å². The lowest BCUT2D eigenvalue weighted by atomic mass is 9.99. The van der Waals surface area contributed by atoms with Gasteiger partial charge in [-0.25, -0.2) is 0 Å². The Hall–Kier alpha value is -0.810. The minimum absolute atomic E-state index is 0.640. The van der Waals surface area contributed by atoms with Gasteiger partial charge in [-0.15, -0.1) is 0 Å². The van der Waals surface area contributed by atoms with E-state index >= 15 is 0 Å². The highest BCUT2D eigenvalue weighted by atomic mass is 15.2. The lowest BCUT2D eigenvalue weighted by Crippen LogP contribution is -2.41. The zero-order chi connectivity index (χ0) is 17.2. The van der Waals surface area contributed by atoms with E-state index in [4.69, 9.17) is 4.99 Å². The molecule has 0 bridgehead atoms. The van der Waals surface area contributed by atoms with Gasteiger partial charge in [0.15, 0.2) is 5.96 Å². The van der Waals surface area contributed by atoms with E-state index in [9.17, 15) is 0 Å². The summed E-state index contributed by atoms with van der Waals surface area (Å²) in [5.74, 6) is 1.91. The van der Waals surface area contributed by atoms with Gasteiger partial charge in [0.2, 0.25) is 0 Å².